The molecule has 3 rings (SSSR count). The number of urea groups is 1. The molecule has 6 heteroatoms. The van der Waals surface area contributed by atoms with Crippen molar-refractivity contribution in [2.24, 2.45) is 5.92 Å². The first-order chi connectivity index (χ1) is 13.5. The summed E-state index contributed by atoms with van der Waals surface area (Å²) in [5, 5.41) is 5.75. The molecule has 28 heavy (non-hydrogen) atoms. The van der Waals surface area contributed by atoms with E-state index in [4.69, 9.17) is 4.74 Å². The van der Waals surface area contributed by atoms with Gasteiger partial charge in [0.15, 0.2) is 0 Å². The van der Waals surface area contributed by atoms with Crippen molar-refractivity contribution in [2.45, 2.75) is 51.6 Å². The van der Waals surface area contributed by atoms with Gasteiger partial charge in [-0.1, -0.05) is 37.3 Å². The molecule has 0 spiro atoms. The number of rotatable bonds is 6. The van der Waals surface area contributed by atoms with E-state index in [0.29, 0.717) is 30.5 Å². The third-order valence-corrected chi connectivity index (χ3v) is 5.80. The zero-order chi connectivity index (χ0) is 20.1. The van der Waals surface area contributed by atoms with Crippen LogP contribution in [0.3, 0.4) is 0 Å². The number of carbonyl (C=O) groups excluding carboxylic acids is 2. The van der Waals surface area contributed by atoms with Crippen LogP contribution in [-0.4, -0.2) is 43.1 Å². The highest BCUT2D eigenvalue weighted by Gasteiger charge is 2.34. The highest BCUT2D eigenvalue weighted by Crippen LogP contribution is 2.30. The van der Waals surface area contributed by atoms with Crippen LogP contribution in [0.1, 0.15) is 51.1 Å². The Kier molecular flexibility index (Phi) is 6.73. The third-order valence-electron chi connectivity index (χ3n) is 5.80. The third kappa shape index (κ3) is 4.73. The quantitative estimate of drug-likeness (QED) is 0.737. The van der Waals surface area contributed by atoms with E-state index in [1.54, 1.807) is 6.92 Å². The fourth-order valence-electron chi connectivity index (χ4n) is 4.15. The first-order valence-corrected chi connectivity index (χ1v) is 10.2. The van der Waals surface area contributed by atoms with Crippen molar-refractivity contribution in [3.8, 4) is 0 Å². The predicted molar refractivity (Wildman–Crippen MR) is 109 cm³/mol. The van der Waals surface area contributed by atoms with Crippen LogP contribution in [0.2, 0.25) is 0 Å². The monoisotopic (exact) mass is 385 g/mol. The number of hydrogen-bond donors (Lipinski definition) is 2. The lowest BCUT2D eigenvalue weighted by Gasteiger charge is -2.36. The van der Waals surface area contributed by atoms with Gasteiger partial charge in [0.25, 0.3) is 0 Å². The lowest BCUT2D eigenvalue weighted by atomic mass is 9.86. The SMILES string of the molecule is CCOC(=O)C1=C(CN(C)C2CCC(C)CC2)NC(=O)N[C@@H]1c1ccccc1. The van der Waals surface area contributed by atoms with Crippen molar-refractivity contribution >= 4 is 12.0 Å². The number of carbonyl (C=O) groups is 2. The summed E-state index contributed by atoms with van der Waals surface area (Å²) in [6.45, 7) is 4.90. The number of nitrogens with one attached hydrogen (secondary N) is 2. The molecule has 6 nitrogen and oxygen atoms in total. The van der Waals surface area contributed by atoms with Crippen molar-refractivity contribution in [3.05, 3.63) is 47.2 Å². The molecule has 0 aromatic heterocycles. The van der Waals surface area contributed by atoms with E-state index in [0.717, 1.165) is 24.3 Å². The molecule has 0 unspecified atom stereocenters. The minimum Gasteiger partial charge on any atom is -0.463 e. The summed E-state index contributed by atoms with van der Waals surface area (Å²) >= 11 is 0. The number of hydrogen-bond acceptors (Lipinski definition) is 4. The van der Waals surface area contributed by atoms with Crippen molar-refractivity contribution in [1.29, 1.82) is 0 Å². The number of likely N-dealkylation sites (N-methyl/N-ethyl adjacent to an activating group) is 1. The molecule has 1 heterocycles. The molecule has 1 aromatic carbocycles. The molecular formula is C22H31N3O3. The van der Waals surface area contributed by atoms with Gasteiger partial charge in [-0.3, -0.25) is 4.90 Å². The maximum Gasteiger partial charge on any atom is 0.338 e. The lowest BCUT2D eigenvalue weighted by molar-refractivity contribution is -0.139. The topological polar surface area (TPSA) is 70.7 Å². The Bertz CT molecular complexity index is 724. The number of ether oxygens (including phenoxy) is 1. The van der Waals surface area contributed by atoms with E-state index in [9.17, 15) is 9.59 Å². The van der Waals surface area contributed by atoms with Gasteiger partial charge in [0.2, 0.25) is 0 Å². The Labute approximate surface area is 167 Å². The number of amides is 2. The average molecular weight is 386 g/mol. The molecule has 152 valence electrons. The summed E-state index contributed by atoms with van der Waals surface area (Å²) in [6.07, 6.45) is 4.74. The van der Waals surface area contributed by atoms with E-state index in [-0.39, 0.29) is 12.0 Å². The fraction of sp³-hybridized carbons (Fsp3) is 0.545. The van der Waals surface area contributed by atoms with Gasteiger partial charge < -0.3 is 15.4 Å². The van der Waals surface area contributed by atoms with Crippen LogP contribution in [0.4, 0.5) is 4.79 Å². The first kappa shape index (κ1) is 20.4. The second-order valence-corrected chi connectivity index (χ2v) is 7.88. The van der Waals surface area contributed by atoms with Crippen LogP contribution < -0.4 is 10.6 Å². The molecule has 1 aromatic rings. The van der Waals surface area contributed by atoms with Crippen molar-refractivity contribution < 1.29 is 14.3 Å². The fourth-order valence-corrected chi connectivity index (χ4v) is 4.15. The molecule has 0 radical (unpaired) electrons. The summed E-state index contributed by atoms with van der Waals surface area (Å²) < 4.78 is 5.33. The molecule has 1 saturated carbocycles. The summed E-state index contributed by atoms with van der Waals surface area (Å²) in [5.74, 6) is 0.393. The number of nitrogens with zero attached hydrogens (tertiary/aromatic N) is 1. The molecular weight excluding hydrogens is 354 g/mol. The molecule has 1 atom stereocenters. The van der Waals surface area contributed by atoms with E-state index in [1.165, 1.54) is 12.8 Å². The molecule has 0 bridgehead atoms. The second-order valence-electron chi connectivity index (χ2n) is 7.88. The highest BCUT2D eigenvalue weighted by molar-refractivity contribution is 5.95. The Balaban J connectivity index is 1.90. The van der Waals surface area contributed by atoms with Gasteiger partial charge in [-0.15, -0.1) is 0 Å². The molecule has 0 saturated heterocycles. The Morgan fingerprint density at radius 3 is 2.50 bits per heavy atom. The van der Waals surface area contributed by atoms with Crippen LogP contribution in [-0.2, 0) is 9.53 Å². The van der Waals surface area contributed by atoms with E-state index >= 15 is 0 Å². The largest absolute Gasteiger partial charge is 0.463 e. The highest BCUT2D eigenvalue weighted by atomic mass is 16.5. The zero-order valence-corrected chi connectivity index (χ0v) is 17.0. The maximum atomic E-state index is 12.8. The van der Waals surface area contributed by atoms with Gasteiger partial charge in [0.05, 0.1) is 18.2 Å². The molecule has 2 aliphatic rings. The summed E-state index contributed by atoms with van der Waals surface area (Å²) in [4.78, 5) is 27.4. The van der Waals surface area contributed by atoms with Gasteiger partial charge >= 0.3 is 12.0 Å². The van der Waals surface area contributed by atoms with Gasteiger partial charge in [-0.05, 0) is 51.1 Å². The van der Waals surface area contributed by atoms with E-state index in [2.05, 4.69) is 29.5 Å². The van der Waals surface area contributed by atoms with E-state index < -0.39 is 6.04 Å². The van der Waals surface area contributed by atoms with Crippen molar-refractivity contribution in [2.75, 3.05) is 20.2 Å². The lowest BCUT2D eigenvalue weighted by Crippen LogP contribution is -2.49. The van der Waals surface area contributed by atoms with Crippen LogP contribution in [0.15, 0.2) is 41.6 Å². The standard InChI is InChI=1S/C22H31N3O3/c1-4-28-21(26)19-18(14-25(3)17-12-10-15(2)11-13-17)23-22(27)24-20(19)16-8-6-5-7-9-16/h5-9,15,17,20H,4,10-14H2,1-3H3,(H2,23,24,27)/t15?,17?,20-/m1/s1. The molecule has 1 aliphatic carbocycles. The summed E-state index contributed by atoms with van der Waals surface area (Å²) in [6, 6.07) is 9.22. The van der Waals surface area contributed by atoms with Crippen LogP contribution >= 0.6 is 0 Å². The van der Waals surface area contributed by atoms with Crippen LogP contribution in [0, 0.1) is 5.92 Å². The predicted octanol–water partition coefficient (Wildman–Crippen LogP) is 3.37. The average Bonchev–Trinajstić information content (AvgIpc) is 2.68. The first-order valence-electron chi connectivity index (χ1n) is 10.2. The smallest absolute Gasteiger partial charge is 0.338 e. The Hall–Kier alpha value is -2.34. The molecule has 2 N–H and O–H groups in total. The minimum atomic E-state index is -0.510. The minimum absolute atomic E-state index is 0.289. The summed E-state index contributed by atoms with van der Waals surface area (Å²) in [5.41, 5.74) is 1.99. The second kappa shape index (κ2) is 9.24. The maximum absolute atomic E-state index is 12.8. The van der Waals surface area contributed by atoms with Crippen molar-refractivity contribution in [3.63, 3.8) is 0 Å². The van der Waals surface area contributed by atoms with Gasteiger partial charge in [-0.25, -0.2) is 9.59 Å². The number of benzene rings is 1. The Morgan fingerprint density at radius 2 is 1.86 bits per heavy atom. The summed E-state index contributed by atoms with van der Waals surface area (Å²) in [7, 11) is 2.07. The van der Waals surface area contributed by atoms with Gasteiger partial charge in [-0.2, -0.15) is 0 Å². The van der Waals surface area contributed by atoms with E-state index in [1.807, 2.05) is 30.3 Å². The van der Waals surface area contributed by atoms with Crippen LogP contribution in [0.5, 0.6) is 0 Å². The van der Waals surface area contributed by atoms with Gasteiger partial charge in [0, 0.05) is 18.3 Å². The van der Waals surface area contributed by atoms with Gasteiger partial charge in [0.1, 0.15) is 0 Å². The van der Waals surface area contributed by atoms with Crippen molar-refractivity contribution in [1.82, 2.24) is 15.5 Å². The Morgan fingerprint density at radius 1 is 1.18 bits per heavy atom. The molecule has 1 fully saturated rings. The molecule has 1 aliphatic heterocycles. The van der Waals surface area contributed by atoms with Crippen LogP contribution in [0.25, 0.3) is 0 Å². The molecule has 2 amide bonds. The zero-order valence-electron chi connectivity index (χ0n) is 17.0. The number of esters is 1. The normalized spacial score (nSPS) is 25.3.